The Morgan fingerprint density at radius 2 is 1.29 bits per heavy atom. The van der Waals surface area contributed by atoms with E-state index in [1.165, 1.54) is 6.33 Å². The molecule has 8 rings (SSSR count). The molecule has 0 saturated heterocycles. The Balaban J connectivity index is 1.29. The van der Waals surface area contributed by atoms with Crippen molar-refractivity contribution in [3.63, 3.8) is 0 Å². The van der Waals surface area contributed by atoms with Crippen LogP contribution in [0.4, 0.5) is 4.79 Å². The van der Waals surface area contributed by atoms with Crippen molar-refractivity contribution in [2.24, 2.45) is 4.99 Å². The van der Waals surface area contributed by atoms with Crippen LogP contribution >= 0.6 is 0 Å². The fourth-order valence-electron chi connectivity index (χ4n) is 7.72. The lowest BCUT2D eigenvalue weighted by atomic mass is 9.68. The Morgan fingerprint density at radius 3 is 1.79 bits per heavy atom. The summed E-state index contributed by atoms with van der Waals surface area (Å²) in [6.07, 6.45) is 5.56. The van der Waals surface area contributed by atoms with E-state index in [4.69, 9.17) is 9.73 Å². The third-order valence-corrected chi connectivity index (χ3v) is 10.0. The normalized spacial score (nSPS) is 16.9. The number of aromatic amines is 1. The molecule has 1 aromatic heterocycles. The van der Waals surface area contributed by atoms with Gasteiger partial charge in [-0.2, -0.15) is 9.79 Å². The van der Waals surface area contributed by atoms with Crippen LogP contribution in [0.25, 0.3) is 11.1 Å². The molecule has 1 aliphatic heterocycles. The zero-order chi connectivity index (χ0) is 35.5. The molecule has 1 amide bonds. The zero-order valence-electron chi connectivity index (χ0n) is 28.2. The summed E-state index contributed by atoms with van der Waals surface area (Å²) in [5.74, 6) is -1.05. The number of carbonyl (C=O) groups is 2. The zero-order valence-corrected chi connectivity index (χ0v) is 28.2. The molecule has 5 aromatic carbocycles. The van der Waals surface area contributed by atoms with Gasteiger partial charge in [0.2, 0.25) is 0 Å². The highest BCUT2D eigenvalue weighted by Gasteiger charge is 2.60. The number of quaternary nitrogens is 1. The molecule has 3 N–H and O–H groups in total. The number of H-pyrrole nitrogens is 1. The van der Waals surface area contributed by atoms with Crippen LogP contribution in [-0.2, 0) is 21.4 Å². The van der Waals surface area contributed by atoms with Gasteiger partial charge in [-0.15, -0.1) is 5.43 Å². The third kappa shape index (κ3) is 5.53. The molecule has 0 spiro atoms. The number of carboxylic acids is 1. The maximum atomic E-state index is 15.2. The van der Waals surface area contributed by atoms with E-state index < -0.39 is 28.1 Å². The minimum absolute atomic E-state index is 0.00831. The molecule has 0 fully saturated rings. The predicted molar refractivity (Wildman–Crippen MR) is 198 cm³/mol. The summed E-state index contributed by atoms with van der Waals surface area (Å²) in [5.41, 5.74) is 9.43. The summed E-state index contributed by atoms with van der Waals surface area (Å²) in [6, 6.07) is 44.6. The number of hydrogen-bond acceptors (Lipinski definition) is 6. The topological polar surface area (TPSA) is 117 Å². The van der Waals surface area contributed by atoms with Crippen molar-refractivity contribution in [2.75, 3.05) is 6.61 Å². The van der Waals surface area contributed by atoms with E-state index in [0.717, 1.165) is 38.9 Å². The Labute approximate surface area is 301 Å². The number of aromatic nitrogens is 2. The number of imidazole rings is 1. The Kier molecular flexibility index (Phi) is 8.64. The van der Waals surface area contributed by atoms with E-state index in [1.807, 2.05) is 115 Å². The van der Waals surface area contributed by atoms with Gasteiger partial charge in [0.1, 0.15) is 12.0 Å². The van der Waals surface area contributed by atoms with E-state index in [0.29, 0.717) is 11.5 Å². The van der Waals surface area contributed by atoms with Gasteiger partial charge in [-0.1, -0.05) is 144 Å². The number of ether oxygens (including phenoxy) is 1. The molecule has 2 atom stereocenters. The summed E-state index contributed by atoms with van der Waals surface area (Å²) in [6.45, 7) is 0.0295. The molecular weight excluding hydrogens is 651 g/mol. The molecular formula is C43H36N5O4+. The molecule has 6 aromatic rings. The van der Waals surface area contributed by atoms with Crippen LogP contribution in [0.1, 0.15) is 39.4 Å². The molecule has 52 heavy (non-hydrogen) atoms. The fourth-order valence-corrected chi connectivity index (χ4v) is 7.72. The first-order chi connectivity index (χ1) is 25.5. The highest BCUT2D eigenvalue weighted by Crippen LogP contribution is 2.47. The van der Waals surface area contributed by atoms with Crippen LogP contribution in [-0.4, -0.2) is 50.2 Å². The van der Waals surface area contributed by atoms with Crippen LogP contribution in [0, 0.1) is 0 Å². The summed E-state index contributed by atoms with van der Waals surface area (Å²) in [7, 11) is 0. The van der Waals surface area contributed by atoms with Crippen molar-refractivity contribution in [2.45, 2.75) is 23.8 Å². The number of hydrogen-bond donors (Lipinski definition) is 3. The number of fused-ring (bicyclic) bond motifs is 3. The number of carbonyl (C=O) groups excluding carboxylic acids is 1. The van der Waals surface area contributed by atoms with Crippen molar-refractivity contribution in [3.05, 3.63) is 198 Å². The summed E-state index contributed by atoms with van der Waals surface area (Å²) in [5, 5.41) is 10.7. The predicted octanol–water partition coefficient (Wildman–Crippen LogP) is 7.59. The first kappa shape index (κ1) is 32.8. The molecule has 2 aliphatic rings. The van der Waals surface area contributed by atoms with E-state index in [9.17, 15) is 9.90 Å². The number of amidine groups is 1. The second-order valence-corrected chi connectivity index (χ2v) is 12.9. The number of nitrogens with zero attached hydrogens (tertiary/aromatic N) is 3. The smallest absolute Gasteiger partial charge is 0.480 e. The van der Waals surface area contributed by atoms with Gasteiger partial charge in [0.15, 0.2) is 12.2 Å². The van der Waals surface area contributed by atoms with Crippen molar-refractivity contribution in [3.8, 4) is 11.1 Å². The average Bonchev–Trinajstić information content (AvgIpc) is 3.95. The number of aliphatic imine (C=N–C) groups is 1. The van der Waals surface area contributed by atoms with Gasteiger partial charge in [0.25, 0.3) is 5.84 Å². The number of carboxylic acid groups (broad SMARTS) is 1. The highest BCUT2D eigenvalue weighted by molar-refractivity contribution is 6.01. The Morgan fingerprint density at radius 1 is 0.769 bits per heavy atom. The minimum Gasteiger partial charge on any atom is -0.480 e. The van der Waals surface area contributed by atoms with Crippen molar-refractivity contribution >= 4 is 17.9 Å². The summed E-state index contributed by atoms with van der Waals surface area (Å²) < 4.78 is 5.59. The summed E-state index contributed by atoms with van der Waals surface area (Å²) >= 11 is 0. The van der Waals surface area contributed by atoms with Gasteiger partial charge < -0.3 is 14.8 Å². The highest BCUT2D eigenvalue weighted by atomic mass is 16.6. The Bertz CT molecular complexity index is 2130. The van der Waals surface area contributed by atoms with Gasteiger partial charge in [0.05, 0.1) is 18.2 Å². The second-order valence-electron chi connectivity index (χ2n) is 12.9. The molecule has 0 saturated carbocycles. The van der Waals surface area contributed by atoms with Gasteiger partial charge in [-0.25, -0.2) is 4.98 Å². The quantitative estimate of drug-likeness (QED) is 0.0956. The maximum absolute atomic E-state index is 15.2. The van der Waals surface area contributed by atoms with Crippen LogP contribution in [0.5, 0.6) is 0 Å². The fraction of sp³-hybridized carbons (Fsp3) is 0.116. The molecule has 0 radical (unpaired) electrons. The third-order valence-electron chi connectivity index (χ3n) is 10.0. The monoisotopic (exact) mass is 686 g/mol. The molecule has 9 heteroatoms. The average molecular weight is 687 g/mol. The van der Waals surface area contributed by atoms with E-state index in [1.54, 1.807) is 18.6 Å². The molecule has 1 unspecified atom stereocenters. The van der Waals surface area contributed by atoms with Gasteiger partial charge in [0, 0.05) is 18.5 Å². The molecule has 256 valence electrons. The maximum Gasteiger partial charge on any atom is 0.547 e. The number of amides is 1. The van der Waals surface area contributed by atoms with Crippen LogP contribution in [0.15, 0.2) is 169 Å². The summed E-state index contributed by atoms with van der Waals surface area (Å²) in [4.78, 5) is 40.5. The number of nitrogens with one attached hydrogen (secondary N) is 2. The number of benzene rings is 5. The van der Waals surface area contributed by atoms with Crippen molar-refractivity contribution < 1.29 is 24.0 Å². The van der Waals surface area contributed by atoms with Crippen LogP contribution < -0.4 is 5.43 Å². The van der Waals surface area contributed by atoms with Gasteiger partial charge in [-0.05, 0) is 38.9 Å². The van der Waals surface area contributed by atoms with E-state index in [-0.39, 0.29) is 18.9 Å². The van der Waals surface area contributed by atoms with E-state index >= 15 is 4.79 Å². The molecule has 2 heterocycles. The largest absolute Gasteiger partial charge is 0.547 e. The van der Waals surface area contributed by atoms with E-state index in [2.05, 4.69) is 39.7 Å². The number of rotatable bonds is 11. The standard InChI is InChI=1S/C43H35N5O4/c49-40(50)39(26-33-27-44-29-46-33)47-48(42(51)52-28-38-36-22-12-10-20-34(36)35-21-11-13-23-37(35)38)25-24-45-41(48)43(30-14-4-1-5-15-30,31-16-6-2-7-17-31)32-18-8-3-9-19-32/h1-25,27,29,38-39,47H,26,28H2,(H-,44,46,49,50)/p+1/t39-,48?/m0/s1. The SMILES string of the molecule is O=C(O)[C@H](Cc1c[nH]cn1)N[N+]1(C(=O)OCC2c3ccccc3-c3ccccc32)C=CN=C1C(c1ccccc1)(c1ccccc1)c1ccccc1. The van der Waals surface area contributed by atoms with Crippen LogP contribution in [0.2, 0.25) is 0 Å². The first-order valence-electron chi connectivity index (χ1n) is 17.2. The lowest BCUT2D eigenvalue weighted by Gasteiger charge is -2.41. The first-order valence-corrected chi connectivity index (χ1v) is 17.2. The van der Waals surface area contributed by atoms with Gasteiger partial charge in [-0.3, -0.25) is 4.79 Å². The van der Waals surface area contributed by atoms with Crippen molar-refractivity contribution in [1.82, 2.24) is 15.4 Å². The minimum atomic E-state index is -1.27. The number of aliphatic carboxylic acids is 1. The molecule has 1 aliphatic carbocycles. The lowest BCUT2D eigenvalue weighted by Crippen LogP contribution is -2.69. The van der Waals surface area contributed by atoms with Crippen LogP contribution in [0.3, 0.4) is 0 Å². The van der Waals surface area contributed by atoms with Gasteiger partial charge >= 0.3 is 12.1 Å². The second kappa shape index (κ2) is 13.7. The molecule has 0 bridgehead atoms. The molecule has 9 nitrogen and oxygen atoms in total. The Hall–Kier alpha value is -6.42. The van der Waals surface area contributed by atoms with Crippen molar-refractivity contribution in [1.29, 1.82) is 0 Å². The lowest BCUT2D eigenvalue weighted by molar-refractivity contribution is -0.766.